The Morgan fingerprint density at radius 3 is 2.19 bits per heavy atom. The molecule has 2 aliphatic heterocycles. The number of fused-ring (bicyclic) bond motifs is 2. The fourth-order valence-corrected chi connectivity index (χ4v) is 6.59. The van der Waals surface area contributed by atoms with Gasteiger partial charge in [-0.15, -0.1) is 0 Å². The van der Waals surface area contributed by atoms with Crippen LogP contribution in [0.3, 0.4) is 0 Å². The van der Waals surface area contributed by atoms with Gasteiger partial charge >= 0.3 is 5.97 Å². The van der Waals surface area contributed by atoms with Gasteiger partial charge in [0.05, 0.1) is 13.7 Å². The summed E-state index contributed by atoms with van der Waals surface area (Å²) in [4.78, 5) is 26.0. The monoisotopic (exact) mass is 744 g/mol. The summed E-state index contributed by atoms with van der Waals surface area (Å²) in [5, 5.41) is 41.8. The molecule has 0 saturated carbocycles. The highest BCUT2D eigenvalue weighted by Gasteiger charge is 2.41. The summed E-state index contributed by atoms with van der Waals surface area (Å²) in [6.45, 7) is 1.85. The molecule has 2 aliphatic rings. The Balaban J connectivity index is 1.14. The minimum absolute atomic E-state index is 0.0196. The molecule has 0 aliphatic carbocycles. The maximum Gasteiger partial charge on any atom is 0.311 e. The van der Waals surface area contributed by atoms with E-state index in [-0.39, 0.29) is 47.3 Å². The average Bonchev–Trinajstić information content (AvgIpc) is 3.17. The number of carbonyl (C=O) groups is 2. The molecule has 5 rings (SSSR count). The molecule has 0 amide bonds. The average molecular weight is 745 g/mol. The number of hydrogen-bond acceptors (Lipinski definition) is 11. The van der Waals surface area contributed by atoms with Gasteiger partial charge in [-0.3, -0.25) is 9.59 Å². The van der Waals surface area contributed by atoms with Crippen LogP contribution in [0.25, 0.3) is 0 Å². The molecule has 3 aromatic rings. The first-order valence-corrected chi connectivity index (χ1v) is 19.0. The third kappa shape index (κ3) is 10.4. The number of aromatic hydroxyl groups is 2. The second-order valence-electron chi connectivity index (χ2n) is 13.6. The maximum absolute atomic E-state index is 13.3. The first-order chi connectivity index (χ1) is 26.2. The van der Waals surface area contributed by atoms with E-state index in [4.69, 9.17) is 23.7 Å². The molecule has 4 atom stereocenters. The molecule has 290 valence electrons. The van der Waals surface area contributed by atoms with E-state index in [1.54, 1.807) is 30.3 Å². The van der Waals surface area contributed by atoms with Gasteiger partial charge in [-0.1, -0.05) is 75.5 Å². The summed E-state index contributed by atoms with van der Waals surface area (Å²) >= 11 is 0. The first kappa shape index (κ1) is 40.2. The summed E-state index contributed by atoms with van der Waals surface area (Å²) in [7, 11) is 1.42. The number of unbranched alkanes of at least 4 members (excludes halogenated alkanes) is 8. The minimum Gasteiger partial charge on any atom is -0.507 e. The van der Waals surface area contributed by atoms with Crippen molar-refractivity contribution in [3.05, 3.63) is 89.5 Å². The molecule has 11 nitrogen and oxygen atoms in total. The zero-order chi connectivity index (χ0) is 38.5. The Morgan fingerprint density at radius 2 is 1.44 bits per heavy atom. The molecule has 0 radical (unpaired) electrons. The van der Waals surface area contributed by atoms with Crippen LogP contribution in [0.1, 0.15) is 118 Å². The zero-order valence-electron chi connectivity index (χ0n) is 31.1. The molecule has 11 heteroatoms. The number of aliphatic hydroxyl groups is 2. The van der Waals surface area contributed by atoms with Crippen LogP contribution in [0.5, 0.6) is 40.2 Å². The number of hydrogen-bond donors (Lipinski definition) is 4. The van der Waals surface area contributed by atoms with Gasteiger partial charge < -0.3 is 44.1 Å². The molecule has 0 aromatic heterocycles. The number of ether oxygens (including phenoxy) is 5. The fourth-order valence-electron chi connectivity index (χ4n) is 6.59. The largest absolute Gasteiger partial charge is 0.507 e. The SMILES string of the molecule is CCCCC/C=C\C/C=C\CCCCCCCC(=O)Oc1cc(O)c2c(c1)O[C@H](c1ccc3c(c1)OC(c1ccc(O)c(OC)c1)C(CO)O3)[C@@H](O)C2=O. The number of carbonyl (C=O) groups excluding carboxylic acids is 2. The third-order valence-electron chi connectivity index (χ3n) is 9.55. The summed E-state index contributed by atoms with van der Waals surface area (Å²) in [5.41, 5.74) is 0.735. The van der Waals surface area contributed by atoms with Gasteiger partial charge in [0.1, 0.15) is 22.8 Å². The normalized spacial score (nSPS) is 19.1. The lowest BCUT2D eigenvalue weighted by atomic mass is 9.92. The van der Waals surface area contributed by atoms with Crippen molar-refractivity contribution >= 4 is 11.8 Å². The van der Waals surface area contributed by atoms with Crippen LogP contribution in [-0.2, 0) is 4.79 Å². The van der Waals surface area contributed by atoms with Gasteiger partial charge in [0.2, 0.25) is 5.78 Å². The van der Waals surface area contributed by atoms with E-state index in [0.717, 1.165) is 44.9 Å². The topological polar surface area (TPSA) is 161 Å². The van der Waals surface area contributed by atoms with Gasteiger partial charge in [-0.2, -0.15) is 0 Å². The zero-order valence-corrected chi connectivity index (χ0v) is 31.1. The Kier molecular flexibility index (Phi) is 14.8. The fraction of sp³-hybridized carbons (Fsp3) is 0.442. The number of methoxy groups -OCH3 is 1. The highest BCUT2D eigenvalue weighted by atomic mass is 16.6. The number of Topliss-reactive ketones (excluding diaryl/α,β-unsaturated/α-hetero) is 1. The molecule has 3 aromatic carbocycles. The Hall–Kier alpha value is -5.00. The van der Waals surface area contributed by atoms with Crippen LogP contribution in [0.4, 0.5) is 0 Å². The molecule has 4 N–H and O–H groups in total. The van der Waals surface area contributed by atoms with Gasteiger partial charge in [0.15, 0.2) is 47.4 Å². The van der Waals surface area contributed by atoms with Crippen molar-refractivity contribution in [1.29, 1.82) is 0 Å². The number of phenols is 2. The lowest BCUT2D eigenvalue weighted by molar-refractivity contribution is -0.134. The molecule has 0 spiro atoms. The molecule has 0 bridgehead atoms. The van der Waals surface area contributed by atoms with Crippen LogP contribution in [-0.4, -0.2) is 58.1 Å². The van der Waals surface area contributed by atoms with Crippen LogP contribution < -0.4 is 23.7 Å². The minimum atomic E-state index is -1.67. The van der Waals surface area contributed by atoms with E-state index in [1.807, 2.05) is 0 Å². The number of allylic oxidation sites excluding steroid dienone is 4. The van der Waals surface area contributed by atoms with Gasteiger partial charge in [0, 0.05) is 24.1 Å². The molecule has 54 heavy (non-hydrogen) atoms. The van der Waals surface area contributed by atoms with E-state index in [9.17, 15) is 30.0 Å². The molecule has 2 heterocycles. The van der Waals surface area contributed by atoms with E-state index in [0.29, 0.717) is 23.3 Å². The number of aliphatic hydroxyl groups excluding tert-OH is 2. The number of ketones is 1. The van der Waals surface area contributed by atoms with Crippen LogP contribution in [0.15, 0.2) is 72.8 Å². The highest BCUT2D eigenvalue weighted by Crippen LogP contribution is 2.46. The smallest absolute Gasteiger partial charge is 0.311 e. The lowest BCUT2D eigenvalue weighted by Crippen LogP contribution is -2.37. The lowest BCUT2D eigenvalue weighted by Gasteiger charge is -2.35. The van der Waals surface area contributed by atoms with Gasteiger partial charge in [0.25, 0.3) is 0 Å². The predicted molar refractivity (Wildman–Crippen MR) is 203 cm³/mol. The molecule has 2 unspecified atom stereocenters. The van der Waals surface area contributed by atoms with Crippen molar-refractivity contribution in [2.24, 2.45) is 0 Å². The standard InChI is InChI=1S/C43H52O11/c1-3-4-5-6-7-8-9-10-11-12-13-14-15-16-17-18-38(47)51-30-25-32(46)39-36(26-30)54-43(41(49)40(39)48)29-20-22-33-35(24-29)53-42(37(27-44)52-33)28-19-21-31(45)34(23-28)50-2/h7-8,10-11,19-26,37,41-46,49H,3-6,9,12-18,27H2,1-2H3/b8-7-,11-10-/t37?,41-,42?,43+/m0/s1. The van der Waals surface area contributed by atoms with E-state index >= 15 is 0 Å². The third-order valence-corrected chi connectivity index (χ3v) is 9.55. The molecule has 0 saturated heterocycles. The molecule has 0 fully saturated rings. The number of esters is 1. The predicted octanol–water partition coefficient (Wildman–Crippen LogP) is 8.38. The van der Waals surface area contributed by atoms with Crippen molar-refractivity contribution in [3.8, 4) is 40.2 Å². The Morgan fingerprint density at radius 1 is 0.759 bits per heavy atom. The van der Waals surface area contributed by atoms with E-state index in [2.05, 4.69) is 31.2 Å². The van der Waals surface area contributed by atoms with Crippen molar-refractivity contribution in [3.63, 3.8) is 0 Å². The van der Waals surface area contributed by atoms with Crippen LogP contribution in [0, 0.1) is 0 Å². The van der Waals surface area contributed by atoms with Crippen LogP contribution in [0.2, 0.25) is 0 Å². The van der Waals surface area contributed by atoms with Crippen molar-refractivity contribution in [2.45, 2.75) is 108 Å². The first-order valence-electron chi connectivity index (χ1n) is 19.0. The number of phenolic OH excluding ortho intramolecular Hbond substituents is 2. The van der Waals surface area contributed by atoms with Crippen molar-refractivity contribution in [2.75, 3.05) is 13.7 Å². The highest BCUT2D eigenvalue weighted by molar-refractivity contribution is 6.05. The summed E-state index contributed by atoms with van der Waals surface area (Å²) in [6, 6.07) is 11.9. The van der Waals surface area contributed by atoms with Crippen LogP contribution >= 0.6 is 0 Å². The van der Waals surface area contributed by atoms with E-state index < -0.39 is 41.9 Å². The van der Waals surface area contributed by atoms with Gasteiger partial charge in [-0.25, -0.2) is 0 Å². The summed E-state index contributed by atoms with van der Waals surface area (Å²) in [5.74, 6) is -0.966. The molecular weight excluding hydrogens is 692 g/mol. The Bertz CT molecular complexity index is 1780. The van der Waals surface area contributed by atoms with Crippen molar-refractivity contribution < 1.29 is 53.7 Å². The maximum atomic E-state index is 13.3. The molecular formula is C43H52O11. The van der Waals surface area contributed by atoms with E-state index in [1.165, 1.54) is 44.6 Å². The second kappa shape index (κ2) is 19.9. The number of rotatable bonds is 19. The Labute approximate surface area is 316 Å². The van der Waals surface area contributed by atoms with Gasteiger partial charge in [-0.05, 0) is 68.4 Å². The quantitative estimate of drug-likeness (QED) is 0.0404. The van der Waals surface area contributed by atoms with Crippen molar-refractivity contribution in [1.82, 2.24) is 0 Å². The second-order valence-corrected chi connectivity index (χ2v) is 13.6. The summed E-state index contributed by atoms with van der Waals surface area (Å²) < 4.78 is 29.1. The number of benzene rings is 3. The summed E-state index contributed by atoms with van der Waals surface area (Å²) in [6.07, 6.45) is 16.5.